The van der Waals surface area contributed by atoms with Gasteiger partial charge >= 0.3 is 0 Å². The van der Waals surface area contributed by atoms with E-state index in [0.29, 0.717) is 0 Å². The molecule has 10 heavy (non-hydrogen) atoms. The zero-order valence-electron chi connectivity index (χ0n) is 5.88. The van der Waals surface area contributed by atoms with E-state index in [-0.39, 0.29) is 12.4 Å². The Morgan fingerprint density at radius 1 is 1.60 bits per heavy atom. The number of rotatable bonds is 3. The zero-order valence-corrected chi connectivity index (χ0v) is 6.64. The molecule has 1 heterocycles. The summed E-state index contributed by atoms with van der Waals surface area (Å²) in [6, 6.07) is 0. The lowest BCUT2D eigenvalue weighted by Gasteiger charge is -2.00. The quantitative estimate of drug-likeness (QED) is 0.463. The molecule has 3 nitrogen and oxygen atoms in total. The molecule has 58 valence electrons. The third-order valence-electron chi connectivity index (χ3n) is 0.981. The van der Waals surface area contributed by atoms with Crippen LogP contribution >= 0.6 is 0 Å². The van der Waals surface area contributed by atoms with Crippen LogP contribution in [0.15, 0.2) is 17.4 Å². The van der Waals surface area contributed by atoms with Crippen LogP contribution in [0.4, 0.5) is 0 Å². The summed E-state index contributed by atoms with van der Waals surface area (Å²) in [5, 5.41) is 4.66. The number of hydroxylamine groups is 1. The molecule has 0 amide bonds. The van der Waals surface area contributed by atoms with Gasteiger partial charge in [-0.05, 0) is 11.6 Å². The lowest BCUT2D eigenvalue weighted by Crippen LogP contribution is -3.00. The van der Waals surface area contributed by atoms with E-state index in [0.717, 1.165) is 18.2 Å². The van der Waals surface area contributed by atoms with Crippen molar-refractivity contribution >= 4 is 6.21 Å². The highest BCUT2D eigenvalue weighted by molar-refractivity contribution is 5.70. The van der Waals surface area contributed by atoms with Gasteiger partial charge in [0, 0.05) is 6.08 Å². The highest BCUT2D eigenvalue weighted by atomic mass is 35.5. The number of quaternary nitrogens is 1. The van der Waals surface area contributed by atoms with Crippen molar-refractivity contribution in [2.75, 3.05) is 6.61 Å². The minimum atomic E-state index is 0. The molecule has 1 atom stereocenters. The van der Waals surface area contributed by atoms with Crippen LogP contribution in [0.2, 0.25) is 0 Å². The molecule has 4 heteroatoms. The maximum absolute atomic E-state index is 5.18. The SMILES string of the molecule is CCCO[NH+]1C=CC=N1.[Cl-]. The molecule has 0 aromatic carbocycles. The molecule has 1 N–H and O–H groups in total. The Bertz CT molecular complexity index is 124. The van der Waals surface area contributed by atoms with Crippen molar-refractivity contribution in [1.82, 2.24) is 0 Å². The van der Waals surface area contributed by atoms with Crippen molar-refractivity contribution in [2.45, 2.75) is 13.3 Å². The maximum atomic E-state index is 5.18. The molecule has 0 saturated heterocycles. The van der Waals surface area contributed by atoms with Gasteiger partial charge in [-0.2, -0.15) is 4.84 Å². The van der Waals surface area contributed by atoms with Gasteiger partial charge in [-0.15, -0.1) is 0 Å². The first kappa shape index (κ1) is 9.62. The second-order valence-electron chi connectivity index (χ2n) is 1.82. The van der Waals surface area contributed by atoms with Gasteiger partial charge in [0.15, 0.2) is 6.20 Å². The van der Waals surface area contributed by atoms with Gasteiger partial charge in [-0.25, -0.2) is 0 Å². The molecule has 1 aliphatic rings. The average Bonchev–Trinajstić information content (AvgIpc) is 2.34. The number of hydrogen-bond acceptors (Lipinski definition) is 2. The molecule has 0 fully saturated rings. The highest BCUT2D eigenvalue weighted by Gasteiger charge is 2.03. The molecule has 0 radical (unpaired) electrons. The van der Waals surface area contributed by atoms with Crippen LogP contribution < -0.4 is 17.6 Å². The third kappa shape index (κ3) is 2.96. The van der Waals surface area contributed by atoms with E-state index in [2.05, 4.69) is 12.0 Å². The predicted octanol–water partition coefficient (Wildman–Crippen LogP) is -3.27. The Kier molecular flexibility index (Phi) is 5.20. The Morgan fingerprint density at radius 2 is 2.40 bits per heavy atom. The Hall–Kier alpha value is -0.380. The normalized spacial score (nSPS) is 21.1. The standard InChI is InChI=1S/C6H10N2O.ClH/c1-2-6-9-8-5-3-4-7-8;/h3-5H,2,6H2,1H3;1H. The summed E-state index contributed by atoms with van der Waals surface area (Å²) in [7, 11) is 0. The number of allylic oxidation sites excluding steroid dienone is 1. The van der Waals surface area contributed by atoms with Crippen LogP contribution in [0, 0.1) is 0 Å². The monoisotopic (exact) mass is 162 g/mol. The Balaban J connectivity index is 0.000000810. The topological polar surface area (TPSA) is 26.0 Å². The van der Waals surface area contributed by atoms with E-state index in [9.17, 15) is 0 Å². The maximum Gasteiger partial charge on any atom is 0.157 e. The fourth-order valence-corrected chi connectivity index (χ4v) is 0.577. The van der Waals surface area contributed by atoms with Crippen LogP contribution in [0.1, 0.15) is 13.3 Å². The van der Waals surface area contributed by atoms with Gasteiger partial charge in [0.05, 0.1) is 6.21 Å². The van der Waals surface area contributed by atoms with Crippen molar-refractivity contribution in [3.05, 3.63) is 12.3 Å². The van der Waals surface area contributed by atoms with Crippen molar-refractivity contribution < 1.29 is 22.4 Å². The molecule has 0 aromatic heterocycles. The summed E-state index contributed by atoms with van der Waals surface area (Å²) in [6.07, 6.45) is 6.48. The largest absolute Gasteiger partial charge is 1.00 e. The van der Waals surface area contributed by atoms with Crippen LogP contribution in [0.25, 0.3) is 0 Å². The first-order valence-corrected chi connectivity index (χ1v) is 3.14. The second-order valence-corrected chi connectivity index (χ2v) is 1.82. The van der Waals surface area contributed by atoms with Crippen LogP contribution in [-0.4, -0.2) is 12.8 Å². The zero-order chi connectivity index (χ0) is 6.53. The average molecular weight is 163 g/mol. The summed E-state index contributed by atoms with van der Waals surface area (Å²) in [5.41, 5.74) is 0. The predicted molar refractivity (Wildman–Crippen MR) is 34.8 cm³/mol. The van der Waals surface area contributed by atoms with Crippen molar-refractivity contribution in [3.63, 3.8) is 0 Å². The van der Waals surface area contributed by atoms with E-state index in [4.69, 9.17) is 4.84 Å². The lowest BCUT2D eigenvalue weighted by atomic mass is 10.5. The summed E-state index contributed by atoms with van der Waals surface area (Å²) < 4.78 is 0. The molecule has 0 spiro atoms. The summed E-state index contributed by atoms with van der Waals surface area (Å²) >= 11 is 0. The Morgan fingerprint density at radius 3 is 2.90 bits per heavy atom. The smallest absolute Gasteiger partial charge is 0.157 e. The van der Waals surface area contributed by atoms with E-state index < -0.39 is 0 Å². The minimum absolute atomic E-state index is 0. The molecule has 0 aromatic rings. The first-order chi connectivity index (χ1) is 4.43. The van der Waals surface area contributed by atoms with Crippen molar-refractivity contribution in [1.29, 1.82) is 0 Å². The van der Waals surface area contributed by atoms with Gasteiger partial charge in [0.1, 0.15) is 6.61 Å². The van der Waals surface area contributed by atoms with E-state index in [1.807, 2.05) is 12.3 Å². The van der Waals surface area contributed by atoms with E-state index in [1.165, 1.54) is 0 Å². The van der Waals surface area contributed by atoms with Gasteiger partial charge in [-0.3, -0.25) is 0 Å². The summed E-state index contributed by atoms with van der Waals surface area (Å²) in [5.74, 6) is 0. The fraction of sp³-hybridized carbons (Fsp3) is 0.500. The summed E-state index contributed by atoms with van der Waals surface area (Å²) in [6.45, 7) is 2.83. The van der Waals surface area contributed by atoms with Crippen molar-refractivity contribution in [2.24, 2.45) is 5.10 Å². The van der Waals surface area contributed by atoms with Gasteiger partial charge in [0.2, 0.25) is 0 Å². The van der Waals surface area contributed by atoms with Gasteiger partial charge < -0.3 is 12.4 Å². The van der Waals surface area contributed by atoms with Gasteiger partial charge in [0.25, 0.3) is 0 Å². The molecular weight excluding hydrogens is 152 g/mol. The molecule has 1 unspecified atom stereocenters. The van der Waals surface area contributed by atoms with Crippen LogP contribution in [0.5, 0.6) is 0 Å². The molecule has 0 saturated carbocycles. The molecule has 1 aliphatic heterocycles. The van der Waals surface area contributed by atoms with Gasteiger partial charge in [-0.1, -0.05) is 12.0 Å². The number of nitrogens with zero attached hydrogens (tertiary/aromatic N) is 1. The molecule has 0 aliphatic carbocycles. The number of hydrogen-bond donors (Lipinski definition) is 1. The molecular formula is C6H11ClN2O. The van der Waals surface area contributed by atoms with Crippen LogP contribution in [-0.2, 0) is 4.84 Å². The second kappa shape index (κ2) is 5.41. The molecule has 0 bridgehead atoms. The van der Waals surface area contributed by atoms with Crippen LogP contribution in [0.3, 0.4) is 0 Å². The van der Waals surface area contributed by atoms with Crippen molar-refractivity contribution in [3.8, 4) is 0 Å². The highest BCUT2D eigenvalue weighted by Crippen LogP contribution is 1.74. The first-order valence-electron chi connectivity index (χ1n) is 3.14. The lowest BCUT2D eigenvalue weighted by molar-refractivity contribution is -1.05. The summed E-state index contributed by atoms with van der Waals surface area (Å²) in [4.78, 5) is 5.18. The fourth-order valence-electron chi connectivity index (χ4n) is 0.577. The number of nitrogens with one attached hydrogen (secondary N) is 1. The minimum Gasteiger partial charge on any atom is -1.00 e. The number of halogens is 1. The van der Waals surface area contributed by atoms with E-state index in [1.54, 1.807) is 6.21 Å². The Labute approximate surface area is 66.7 Å². The molecule has 1 rings (SSSR count). The third-order valence-corrected chi connectivity index (χ3v) is 0.981. The van der Waals surface area contributed by atoms with E-state index >= 15 is 0 Å².